The molecule has 3 aromatic rings. The number of rotatable bonds is 7. The highest BCUT2D eigenvalue weighted by atomic mass is 32.2. The molecule has 0 fully saturated rings. The highest BCUT2D eigenvalue weighted by Crippen LogP contribution is 2.21. The Hall–Kier alpha value is -3.39. The Morgan fingerprint density at radius 1 is 0.968 bits per heavy atom. The van der Waals surface area contributed by atoms with Crippen LogP contribution >= 0.6 is 0 Å². The Balaban J connectivity index is 1.64. The van der Waals surface area contributed by atoms with Crippen molar-refractivity contribution < 1.29 is 22.3 Å². The normalized spacial score (nSPS) is 12.1. The molecule has 1 amide bonds. The van der Waals surface area contributed by atoms with Crippen LogP contribution in [0, 0.1) is 19.7 Å². The molecule has 6 nitrogen and oxygen atoms in total. The first-order valence-corrected chi connectivity index (χ1v) is 11.1. The summed E-state index contributed by atoms with van der Waals surface area (Å²) in [4.78, 5) is 12.4. The number of carbonyl (C=O) groups is 1. The van der Waals surface area contributed by atoms with Gasteiger partial charge in [-0.1, -0.05) is 18.2 Å². The predicted octanol–water partition coefficient (Wildman–Crippen LogP) is 4.65. The quantitative estimate of drug-likeness (QED) is 0.558. The smallest absolute Gasteiger partial charge is 0.265 e. The minimum Gasteiger partial charge on any atom is -0.481 e. The van der Waals surface area contributed by atoms with Crippen LogP contribution < -0.4 is 14.8 Å². The van der Waals surface area contributed by atoms with E-state index in [1.807, 2.05) is 26.0 Å². The number of hydrogen-bond acceptors (Lipinski definition) is 4. The van der Waals surface area contributed by atoms with Gasteiger partial charge in [0.1, 0.15) is 11.6 Å². The number of benzene rings is 3. The summed E-state index contributed by atoms with van der Waals surface area (Å²) < 4.78 is 46.6. The van der Waals surface area contributed by atoms with Crippen LogP contribution in [0.4, 0.5) is 15.8 Å². The fourth-order valence-electron chi connectivity index (χ4n) is 2.75. The number of sulfonamides is 1. The van der Waals surface area contributed by atoms with Crippen molar-refractivity contribution in [1.29, 1.82) is 0 Å². The van der Waals surface area contributed by atoms with E-state index in [-0.39, 0.29) is 16.5 Å². The van der Waals surface area contributed by atoms with Crippen molar-refractivity contribution in [3.63, 3.8) is 0 Å². The standard InChI is InChI=1S/C23H23FN2O4S/c1-15-8-11-19(14-16(15)2)30-17(3)23(27)25-18-9-12-20(13-10-18)31(28,29)26-22-7-5-4-6-21(22)24/h4-14,17,26H,1-3H3,(H,25,27). The molecule has 1 unspecified atom stereocenters. The van der Waals surface area contributed by atoms with E-state index in [4.69, 9.17) is 4.74 Å². The molecule has 0 saturated heterocycles. The number of ether oxygens (including phenoxy) is 1. The van der Waals surface area contributed by atoms with Gasteiger partial charge in [0.05, 0.1) is 10.6 Å². The zero-order valence-electron chi connectivity index (χ0n) is 17.3. The highest BCUT2D eigenvalue weighted by molar-refractivity contribution is 7.92. The predicted molar refractivity (Wildman–Crippen MR) is 118 cm³/mol. The molecule has 2 N–H and O–H groups in total. The summed E-state index contributed by atoms with van der Waals surface area (Å²) in [5.41, 5.74) is 2.46. The maximum atomic E-state index is 13.7. The second-order valence-electron chi connectivity index (χ2n) is 7.11. The lowest BCUT2D eigenvalue weighted by Crippen LogP contribution is -2.30. The van der Waals surface area contributed by atoms with Gasteiger partial charge in [-0.25, -0.2) is 12.8 Å². The van der Waals surface area contributed by atoms with E-state index in [1.165, 1.54) is 42.5 Å². The van der Waals surface area contributed by atoms with Crippen molar-refractivity contribution in [3.05, 3.63) is 83.7 Å². The minimum atomic E-state index is -3.97. The maximum Gasteiger partial charge on any atom is 0.265 e. The van der Waals surface area contributed by atoms with Crippen LogP contribution in [0.5, 0.6) is 5.75 Å². The van der Waals surface area contributed by atoms with Crippen LogP contribution in [-0.4, -0.2) is 20.4 Å². The van der Waals surface area contributed by atoms with Crippen molar-refractivity contribution in [1.82, 2.24) is 0 Å². The average Bonchev–Trinajstić information content (AvgIpc) is 2.72. The number of nitrogens with one attached hydrogen (secondary N) is 2. The molecule has 0 bridgehead atoms. The number of amides is 1. The Morgan fingerprint density at radius 3 is 2.29 bits per heavy atom. The molecule has 0 radical (unpaired) electrons. The van der Waals surface area contributed by atoms with Crippen molar-refractivity contribution in [2.45, 2.75) is 31.8 Å². The Labute approximate surface area is 181 Å². The topological polar surface area (TPSA) is 84.5 Å². The molecular formula is C23H23FN2O4S. The second-order valence-corrected chi connectivity index (χ2v) is 8.79. The molecule has 8 heteroatoms. The van der Waals surface area contributed by atoms with Gasteiger partial charge in [-0.05, 0) is 80.4 Å². The van der Waals surface area contributed by atoms with Gasteiger partial charge >= 0.3 is 0 Å². The van der Waals surface area contributed by atoms with Gasteiger partial charge in [-0.2, -0.15) is 0 Å². The van der Waals surface area contributed by atoms with E-state index in [0.29, 0.717) is 11.4 Å². The van der Waals surface area contributed by atoms with Gasteiger partial charge in [0.15, 0.2) is 6.10 Å². The molecule has 0 aliphatic heterocycles. The Kier molecular flexibility index (Phi) is 6.60. The van der Waals surface area contributed by atoms with E-state index in [9.17, 15) is 17.6 Å². The summed E-state index contributed by atoms with van der Waals surface area (Å²) in [6, 6.07) is 16.6. The molecule has 0 aromatic heterocycles. The second kappa shape index (κ2) is 9.18. The number of halogens is 1. The lowest BCUT2D eigenvalue weighted by atomic mass is 10.1. The number of para-hydroxylation sites is 1. The van der Waals surface area contributed by atoms with Crippen LogP contribution in [0.3, 0.4) is 0 Å². The van der Waals surface area contributed by atoms with Gasteiger partial charge < -0.3 is 10.1 Å². The SMILES string of the molecule is Cc1ccc(OC(C)C(=O)Nc2ccc(S(=O)(=O)Nc3ccccc3F)cc2)cc1C. The van der Waals surface area contributed by atoms with E-state index >= 15 is 0 Å². The molecule has 0 saturated carbocycles. The average molecular weight is 443 g/mol. The molecule has 3 aromatic carbocycles. The number of aryl methyl sites for hydroxylation is 2. The molecule has 0 spiro atoms. The molecule has 1 atom stereocenters. The Bertz CT molecular complexity index is 1190. The summed E-state index contributed by atoms with van der Waals surface area (Å²) in [7, 11) is -3.97. The number of hydrogen-bond donors (Lipinski definition) is 2. The first kappa shape index (κ1) is 22.3. The summed E-state index contributed by atoms with van der Waals surface area (Å²) in [5.74, 6) is -0.461. The first-order chi connectivity index (χ1) is 14.7. The fourth-order valence-corrected chi connectivity index (χ4v) is 3.82. The van der Waals surface area contributed by atoms with Crippen molar-refractivity contribution in [2.75, 3.05) is 10.0 Å². The highest BCUT2D eigenvalue weighted by Gasteiger charge is 2.18. The van der Waals surface area contributed by atoms with Gasteiger partial charge in [-0.15, -0.1) is 0 Å². The van der Waals surface area contributed by atoms with Crippen LogP contribution in [0.1, 0.15) is 18.1 Å². The molecule has 0 aliphatic carbocycles. The maximum absolute atomic E-state index is 13.7. The summed E-state index contributed by atoms with van der Waals surface area (Å²) >= 11 is 0. The zero-order chi connectivity index (χ0) is 22.6. The van der Waals surface area contributed by atoms with Crippen molar-refractivity contribution in [3.8, 4) is 5.75 Å². The van der Waals surface area contributed by atoms with Crippen LogP contribution in [0.2, 0.25) is 0 Å². The molecule has 3 rings (SSSR count). The van der Waals surface area contributed by atoms with E-state index in [2.05, 4.69) is 10.0 Å². The van der Waals surface area contributed by atoms with E-state index in [1.54, 1.807) is 13.0 Å². The third-order valence-electron chi connectivity index (χ3n) is 4.71. The fraction of sp³-hybridized carbons (Fsp3) is 0.174. The van der Waals surface area contributed by atoms with Crippen LogP contribution in [0.15, 0.2) is 71.6 Å². The third-order valence-corrected chi connectivity index (χ3v) is 6.09. The van der Waals surface area contributed by atoms with Crippen LogP contribution in [-0.2, 0) is 14.8 Å². The monoisotopic (exact) mass is 442 g/mol. The van der Waals surface area contributed by atoms with Gasteiger partial charge in [0.2, 0.25) is 0 Å². The van der Waals surface area contributed by atoms with Gasteiger partial charge in [0.25, 0.3) is 15.9 Å². The molecule has 162 valence electrons. The van der Waals surface area contributed by atoms with E-state index in [0.717, 1.165) is 17.2 Å². The van der Waals surface area contributed by atoms with Crippen LogP contribution in [0.25, 0.3) is 0 Å². The molecule has 31 heavy (non-hydrogen) atoms. The van der Waals surface area contributed by atoms with Crippen molar-refractivity contribution >= 4 is 27.3 Å². The number of carbonyl (C=O) groups excluding carboxylic acids is 1. The van der Waals surface area contributed by atoms with E-state index < -0.39 is 21.9 Å². The number of anilines is 2. The molecule has 0 heterocycles. The van der Waals surface area contributed by atoms with Crippen molar-refractivity contribution in [2.24, 2.45) is 0 Å². The third kappa shape index (κ3) is 5.61. The first-order valence-electron chi connectivity index (χ1n) is 9.58. The Morgan fingerprint density at radius 2 is 1.65 bits per heavy atom. The lowest BCUT2D eigenvalue weighted by Gasteiger charge is -2.16. The van der Waals surface area contributed by atoms with Gasteiger partial charge in [-0.3, -0.25) is 9.52 Å². The summed E-state index contributed by atoms with van der Waals surface area (Å²) in [6.07, 6.45) is -0.756. The lowest BCUT2D eigenvalue weighted by molar-refractivity contribution is -0.122. The molecular weight excluding hydrogens is 419 g/mol. The summed E-state index contributed by atoms with van der Waals surface area (Å²) in [6.45, 7) is 5.58. The van der Waals surface area contributed by atoms with Gasteiger partial charge in [0, 0.05) is 5.69 Å². The largest absolute Gasteiger partial charge is 0.481 e. The molecule has 0 aliphatic rings. The minimum absolute atomic E-state index is 0.0619. The zero-order valence-corrected chi connectivity index (χ0v) is 18.2. The summed E-state index contributed by atoms with van der Waals surface area (Å²) in [5, 5.41) is 2.69.